The van der Waals surface area contributed by atoms with Crippen molar-refractivity contribution < 1.29 is 14.3 Å². The number of fused-ring (bicyclic) bond motifs is 1. The molecule has 0 spiro atoms. The summed E-state index contributed by atoms with van der Waals surface area (Å²) in [5, 5.41) is 2.94. The standard InChI is InChI=1S/C23H22N2O3/c26-23(24-19-11-12-21-22(15-19)28-17-27-21)13-14-25(20-9-5-2-6-10-20)16-18-7-3-1-4-8-18/h1-12,15H,13-14,16-17H2,(H,24,26). The maximum Gasteiger partial charge on any atom is 0.231 e. The quantitative estimate of drug-likeness (QED) is 0.664. The van der Waals surface area contributed by atoms with Crippen LogP contribution in [0.2, 0.25) is 0 Å². The summed E-state index contributed by atoms with van der Waals surface area (Å²) >= 11 is 0. The fourth-order valence-corrected chi connectivity index (χ4v) is 3.18. The molecule has 1 amide bonds. The maximum atomic E-state index is 12.5. The van der Waals surface area contributed by atoms with Crippen LogP contribution in [0.25, 0.3) is 0 Å². The topological polar surface area (TPSA) is 50.8 Å². The number of nitrogens with zero attached hydrogens (tertiary/aromatic N) is 1. The Morgan fingerprint density at radius 2 is 1.61 bits per heavy atom. The van der Waals surface area contributed by atoms with Crippen LogP contribution in [0.4, 0.5) is 11.4 Å². The summed E-state index contributed by atoms with van der Waals surface area (Å²) in [4.78, 5) is 14.7. The smallest absolute Gasteiger partial charge is 0.231 e. The molecule has 1 N–H and O–H groups in total. The molecule has 1 aliphatic rings. The lowest BCUT2D eigenvalue weighted by molar-refractivity contribution is -0.116. The van der Waals surface area contributed by atoms with Crippen LogP contribution in [-0.4, -0.2) is 19.2 Å². The zero-order valence-electron chi connectivity index (χ0n) is 15.5. The molecule has 0 saturated carbocycles. The number of ether oxygens (including phenoxy) is 2. The minimum absolute atomic E-state index is 0.0344. The Morgan fingerprint density at radius 3 is 2.39 bits per heavy atom. The summed E-state index contributed by atoms with van der Waals surface area (Å²) in [5.74, 6) is 1.33. The van der Waals surface area contributed by atoms with E-state index >= 15 is 0 Å². The Labute approximate surface area is 164 Å². The molecule has 0 atom stereocenters. The third-order valence-electron chi connectivity index (χ3n) is 4.60. The third kappa shape index (κ3) is 4.43. The van der Waals surface area contributed by atoms with Crippen molar-refractivity contribution in [2.24, 2.45) is 0 Å². The number of amides is 1. The fraction of sp³-hybridized carbons (Fsp3) is 0.174. The molecule has 1 aliphatic heterocycles. The van der Waals surface area contributed by atoms with Crippen molar-refractivity contribution in [3.05, 3.63) is 84.4 Å². The largest absolute Gasteiger partial charge is 0.454 e. The zero-order valence-corrected chi connectivity index (χ0v) is 15.5. The van der Waals surface area contributed by atoms with E-state index in [1.165, 1.54) is 5.56 Å². The number of rotatable bonds is 7. The normalized spacial score (nSPS) is 11.9. The van der Waals surface area contributed by atoms with E-state index in [-0.39, 0.29) is 12.7 Å². The van der Waals surface area contributed by atoms with Crippen LogP contribution in [-0.2, 0) is 11.3 Å². The van der Waals surface area contributed by atoms with E-state index in [1.807, 2.05) is 48.5 Å². The number of anilines is 2. The van der Waals surface area contributed by atoms with Gasteiger partial charge in [0.25, 0.3) is 0 Å². The van der Waals surface area contributed by atoms with Crippen molar-refractivity contribution in [1.82, 2.24) is 0 Å². The first kappa shape index (κ1) is 17.9. The van der Waals surface area contributed by atoms with Crippen LogP contribution in [0.1, 0.15) is 12.0 Å². The van der Waals surface area contributed by atoms with Crippen molar-refractivity contribution in [1.29, 1.82) is 0 Å². The average Bonchev–Trinajstić information content (AvgIpc) is 3.20. The first-order valence-corrected chi connectivity index (χ1v) is 9.31. The van der Waals surface area contributed by atoms with Gasteiger partial charge in [0.1, 0.15) is 0 Å². The van der Waals surface area contributed by atoms with Crippen molar-refractivity contribution >= 4 is 17.3 Å². The number of benzene rings is 3. The van der Waals surface area contributed by atoms with Crippen molar-refractivity contribution in [3.63, 3.8) is 0 Å². The lowest BCUT2D eigenvalue weighted by Gasteiger charge is -2.25. The highest BCUT2D eigenvalue weighted by Gasteiger charge is 2.15. The first-order valence-electron chi connectivity index (χ1n) is 9.31. The van der Waals surface area contributed by atoms with E-state index in [1.54, 1.807) is 6.07 Å². The molecule has 0 fully saturated rings. The Kier molecular flexibility index (Phi) is 5.43. The highest BCUT2D eigenvalue weighted by Crippen LogP contribution is 2.34. The van der Waals surface area contributed by atoms with E-state index in [9.17, 15) is 4.79 Å². The molecule has 0 saturated heterocycles. The predicted octanol–water partition coefficient (Wildman–Crippen LogP) is 4.45. The van der Waals surface area contributed by atoms with Crippen molar-refractivity contribution in [2.75, 3.05) is 23.6 Å². The number of carbonyl (C=O) groups excluding carboxylic acids is 1. The van der Waals surface area contributed by atoms with Crippen LogP contribution in [0.3, 0.4) is 0 Å². The lowest BCUT2D eigenvalue weighted by Crippen LogP contribution is -2.27. The Balaban J connectivity index is 1.40. The number of hydrogen-bond donors (Lipinski definition) is 1. The molecule has 28 heavy (non-hydrogen) atoms. The van der Waals surface area contributed by atoms with E-state index in [2.05, 4.69) is 34.5 Å². The highest BCUT2D eigenvalue weighted by atomic mass is 16.7. The first-order chi connectivity index (χ1) is 13.8. The third-order valence-corrected chi connectivity index (χ3v) is 4.60. The Morgan fingerprint density at radius 1 is 0.893 bits per heavy atom. The van der Waals surface area contributed by atoms with Gasteiger partial charge in [-0.05, 0) is 29.8 Å². The molecule has 3 aromatic carbocycles. The van der Waals surface area contributed by atoms with Crippen LogP contribution >= 0.6 is 0 Å². The van der Waals surface area contributed by atoms with Gasteiger partial charge in [0.05, 0.1) is 0 Å². The maximum absolute atomic E-state index is 12.5. The second-order valence-corrected chi connectivity index (χ2v) is 6.61. The molecule has 5 nitrogen and oxygen atoms in total. The lowest BCUT2D eigenvalue weighted by atomic mass is 10.2. The Hall–Kier alpha value is -3.47. The summed E-state index contributed by atoms with van der Waals surface area (Å²) in [7, 11) is 0. The van der Waals surface area contributed by atoms with E-state index in [0.717, 1.165) is 12.2 Å². The number of hydrogen-bond acceptors (Lipinski definition) is 4. The summed E-state index contributed by atoms with van der Waals surface area (Å²) in [6, 6.07) is 25.9. The van der Waals surface area contributed by atoms with Gasteiger partial charge in [0, 0.05) is 37.0 Å². The number of para-hydroxylation sites is 1. The minimum atomic E-state index is -0.0344. The molecule has 142 valence electrons. The molecule has 4 rings (SSSR count). The van der Waals surface area contributed by atoms with Gasteiger partial charge in [-0.1, -0.05) is 48.5 Å². The second-order valence-electron chi connectivity index (χ2n) is 6.61. The number of nitrogens with one attached hydrogen (secondary N) is 1. The zero-order chi connectivity index (χ0) is 19.2. The summed E-state index contributed by atoms with van der Waals surface area (Å²) in [6.07, 6.45) is 0.385. The minimum Gasteiger partial charge on any atom is -0.454 e. The van der Waals surface area contributed by atoms with Crippen LogP contribution < -0.4 is 19.7 Å². The van der Waals surface area contributed by atoms with Gasteiger partial charge in [-0.3, -0.25) is 4.79 Å². The molecular formula is C23H22N2O3. The molecular weight excluding hydrogens is 352 g/mol. The Bertz CT molecular complexity index is 929. The monoisotopic (exact) mass is 374 g/mol. The second kappa shape index (κ2) is 8.48. The average molecular weight is 374 g/mol. The fourth-order valence-electron chi connectivity index (χ4n) is 3.18. The van der Waals surface area contributed by atoms with Gasteiger partial charge in [0.15, 0.2) is 11.5 Å². The van der Waals surface area contributed by atoms with Gasteiger partial charge in [-0.25, -0.2) is 0 Å². The van der Waals surface area contributed by atoms with Crippen LogP contribution in [0, 0.1) is 0 Å². The van der Waals surface area contributed by atoms with E-state index < -0.39 is 0 Å². The summed E-state index contributed by atoms with van der Waals surface area (Å²) < 4.78 is 10.7. The summed E-state index contributed by atoms with van der Waals surface area (Å²) in [6.45, 7) is 1.59. The van der Waals surface area contributed by atoms with Gasteiger partial charge >= 0.3 is 0 Å². The van der Waals surface area contributed by atoms with E-state index in [0.29, 0.717) is 30.2 Å². The van der Waals surface area contributed by atoms with Gasteiger partial charge < -0.3 is 19.7 Å². The van der Waals surface area contributed by atoms with Gasteiger partial charge in [-0.15, -0.1) is 0 Å². The van der Waals surface area contributed by atoms with Gasteiger partial charge in [-0.2, -0.15) is 0 Å². The molecule has 0 aromatic heterocycles. The molecule has 3 aromatic rings. The van der Waals surface area contributed by atoms with E-state index in [4.69, 9.17) is 9.47 Å². The molecule has 0 aliphatic carbocycles. The molecule has 5 heteroatoms. The van der Waals surface area contributed by atoms with Crippen molar-refractivity contribution in [2.45, 2.75) is 13.0 Å². The van der Waals surface area contributed by atoms with Gasteiger partial charge in [0.2, 0.25) is 12.7 Å². The molecule has 0 bridgehead atoms. The summed E-state index contributed by atoms with van der Waals surface area (Å²) in [5.41, 5.74) is 3.02. The predicted molar refractivity (Wildman–Crippen MR) is 110 cm³/mol. The van der Waals surface area contributed by atoms with Crippen LogP contribution in [0.5, 0.6) is 11.5 Å². The van der Waals surface area contributed by atoms with Crippen LogP contribution in [0.15, 0.2) is 78.9 Å². The highest BCUT2D eigenvalue weighted by molar-refractivity contribution is 5.91. The molecule has 0 radical (unpaired) electrons. The molecule has 0 unspecified atom stereocenters. The van der Waals surface area contributed by atoms with Crippen molar-refractivity contribution in [3.8, 4) is 11.5 Å². The molecule has 1 heterocycles. The number of carbonyl (C=O) groups is 1. The SMILES string of the molecule is O=C(CCN(Cc1ccccc1)c1ccccc1)Nc1ccc2c(c1)OCO2.